The minimum atomic E-state index is -0.407. The molecule has 1 saturated heterocycles. The van der Waals surface area contributed by atoms with Gasteiger partial charge in [0.2, 0.25) is 0 Å². The fourth-order valence-corrected chi connectivity index (χ4v) is 5.08. The highest BCUT2D eigenvalue weighted by atomic mass is 16.6. The Morgan fingerprint density at radius 3 is 2.19 bits per heavy atom. The monoisotopic (exact) mass is 364 g/mol. The zero-order valence-corrected chi connectivity index (χ0v) is 17.5. The summed E-state index contributed by atoms with van der Waals surface area (Å²) in [6.07, 6.45) is 13.0. The first-order chi connectivity index (χ1) is 12.3. The van der Waals surface area contributed by atoms with Gasteiger partial charge in [-0.1, -0.05) is 26.2 Å². The van der Waals surface area contributed by atoms with E-state index in [1.54, 1.807) is 0 Å². The van der Waals surface area contributed by atoms with Crippen LogP contribution in [-0.4, -0.2) is 41.8 Å². The molecule has 4 heteroatoms. The molecule has 4 nitrogen and oxygen atoms in total. The van der Waals surface area contributed by atoms with Gasteiger partial charge >= 0.3 is 6.09 Å². The van der Waals surface area contributed by atoms with E-state index in [1.165, 1.54) is 51.4 Å². The lowest BCUT2D eigenvalue weighted by molar-refractivity contribution is -0.00694. The maximum Gasteiger partial charge on any atom is 0.410 e. The average Bonchev–Trinajstić information content (AvgIpc) is 3.40. The highest BCUT2D eigenvalue weighted by Gasteiger charge is 2.47. The second-order valence-corrected chi connectivity index (χ2v) is 10.2. The molecule has 0 aromatic carbocycles. The molecule has 0 unspecified atom stereocenters. The number of amides is 1. The summed E-state index contributed by atoms with van der Waals surface area (Å²) in [5.41, 5.74) is 0.406. The number of carbonyl (C=O) groups is 1. The van der Waals surface area contributed by atoms with Crippen molar-refractivity contribution in [2.24, 2.45) is 11.3 Å². The van der Waals surface area contributed by atoms with Crippen molar-refractivity contribution in [2.45, 2.75) is 103 Å². The third kappa shape index (κ3) is 4.74. The lowest BCUT2D eigenvalue weighted by Crippen LogP contribution is -2.53. The average molecular weight is 365 g/mol. The molecule has 0 aromatic rings. The smallest absolute Gasteiger partial charge is 0.410 e. The van der Waals surface area contributed by atoms with Gasteiger partial charge in [0.15, 0.2) is 0 Å². The van der Waals surface area contributed by atoms with E-state index in [-0.39, 0.29) is 6.09 Å². The van der Waals surface area contributed by atoms with E-state index in [4.69, 9.17) is 4.74 Å². The molecule has 3 rings (SSSR count). The highest BCUT2D eigenvalue weighted by Crippen LogP contribution is 2.47. The molecule has 0 spiro atoms. The molecule has 1 heterocycles. The van der Waals surface area contributed by atoms with E-state index in [0.29, 0.717) is 11.0 Å². The standard InChI is InChI=1S/C22H40N2O2/c1-5-22(11-12-22)23-17-21(18-9-7-6-8-10-18)13-15-24(16-14-21)19(25)26-20(2,3)4/h18,23H,5-17H2,1-4H3. The van der Waals surface area contributed by atoms with Crippen molar-refractivity contribution in [3.8, 4) is 0 Å². The number of hydrogen-bond donors (Lipinski definition) is 1. The van der Waals surface area contributed by atoms with E-state index in [0.717, 1.165) is 38.4 Å². The number of hydrogen-bond acceptors (Lipinski definition) is 3. The van der Waals surface area contributed by atoms with Crippen molar-refractivity contribution >= 4 is 6.09 Å². The first-order valence-corrected chi connectivity index (χ1v) is 11.0. The van der Waals surface area contributed by atoms with Gasteiger partial charge in [0.1, 0.15) is 5.60 Å². The summed E-state index contributed by atoms with van der Waals surface area (Å²) in [6, 6.07) is 0. The topological polar surface area (TPSA) is 41.6 Å². The Hall–Kier alpha value is -0.770. The fourth-order valence-electron chi connectivity index (χ4n) is 5.08. The molecule has 0 bridgehead atoms. The molecule has 150 valence electrons. The van der Waals surface area contributed by atoms with E-state index in [1.807, 2.05) is 25.7 Å². The van der Waals surface area contributed by atoms with Gasteiger partial charge in [-0.25, -0.2) is 4.79 Å². The van der Waals surface area contributed by atoms with Gasteiger partial charge in [-0.3, -0.25) is 0 Å². The molecule has 1 N–H and O–H groups in total. The second-order valence-electron chi connectivity index (χ2n) is 10.2. The maximum atomic E-state index is 12.5. The molecule has 1 aliphatic heterocycles. The van der Waals surface area contributed by atoms with Gasteiger partial charge in [-0.15, -0.1) is 0 Å². The number of piperidine rings is 1. The van der Waals surface area contributed by atoms with Gasteiger partial charge in [-0.05, 0) is 77.0 Å². The van der Waals surface area contributed by atoms with Gasteiger partial charge in [0.25, 0.3) is 0 Å². The molecule has 3 fully saturated rings. The van der Waals surface area contributed by atoms with Crippen molar-refractivity contribution in [3.63, 3.8) is 0 Å². The summed E-state index contributed by atoms with van der Waals surface area (Å²) in [7, 11) is 0. The Balaban J connectivity index is 1.63. The van der Waals surface area contributed by atoms with Gasteiger partial charge < -0.3 is 15.0 Å². The second kappa shape index (κ2) is 7.69. The van der Waals surface area contributed by atoms with Crippen LogP contribution in [0.15, 0.2) is 0 Å². The van der Waals surface area contributed by atoms with Crippen LogP contribution in [0.25, 0.3) is 0 Å². The van der Waals surface area contributed by atoms with Crippen LogP contribution in [-0.2, 0) is 4.74 Å². The van der Waals surface area contributed by atoms with Crippen LogP contribution in [0, 0.1) is 11.3 Å². The normalized spacial score (nSPS) is 25.8. The van der Waals surface area contributed by atoms with Crippen molar-refractivity contribution < 1.29 is 9.53 Å². The lowest BCUT2D eigenvalue weighted by Gasteiger charge is -2.48. The number of carbonyl (C=O) groups excluding carboxylic acids is 1. The maximum absolute atomic E-state index is 12.5. The molecule has 0 atom stereocenters. The first kappa shape index (κ1) is 20.0. The Morgan fingerprint density at radius 1 is 1.08 bits per heavy atom. The first-order valence-electron chi connectivity index (χ1n) is 11.0. The molecule has 2 saturated carbocycles. The Labute approximate surface area is 160 Å². The number of nitrogens with zero attached hydrogens (tertiary/aromatic N) is 1. The number of likely N-dealkylation sites (tertiary alicyclic amines) is 1. The van der Waals surface area contributed by atoms with E-state index >= 15 is 0 Å². The zero-order valence-electron chi connectivity index (χ0n) is 17.5. The Morgan fingerprint density at radius 2 is 1.69 bits per heavy atom. The molecule has 0 aromatic heterocycles. The SMILES string of the molecule is CCC1(NCC2(C3CCCCC3)CCN(C(=O)OC(C)(C)C)CC2)CC1. The van der Waals surface area contributed by atoms with Gasteiger partial charge in [0.05, 0.1) is 0 Å². The van der Waals surface area contributed by atoms with Crippen LogP contribution in [0.1, 0.15) is 91.9 Å². The number of nitrogens with one attached hydrogen (secondary N) is 1. The molecule has 26 heavy (non-hydrogen) atoms. The Bertz CT molecular complexity index is 479. The zero-order chi connectivity index (χ0) is 18.8. The summed E-state index contributed by atoms with van der Waals surface area (Å²) < 4.78 is 5.60. The van der Waals surface area contributed by atoms with Crippen molar-refractivity contribution in [3.05, 3.63) is 0 Å². The van der Waals surface area contributed by atoms with E-state index in [9.17, 15) is 4.79 Å². The predicted octanol–water partition coefficient (Wildman–Crippen LogP) is 5.12. The summed E-state index contributed by atoms with van der Waals surface area (Å²) in [6.45, 7) is 11.0. The summed E-state index contributed by atoms with van der Waals surface area (Å²) in [4.78, 5) is 14.4. The minimum Gasteiger partial charge on any atom is -0.444 e. The van der Waals surface area contributed by atoms with Crippen molar-refractivity contribution in [1.82, 2.24) is 10.2 Å². The summed E-state index contributed by atoms with van der Waals surface area (Å²) >= 11 is 0. The van der Waals surface area contributed by atoms with Crippen LogP contribution < -0.4 is 5.32 Å². The highest BCUT2D eigenvalue weighted by molar-refractivity contribution is 5.68. The summed E-state index contributed by atoms with van der Waals surface area (Å²) in [5, 5.41) is 3.98. The van der Waals surface area contributed by atoms with E-state index in [2.05, 4.69) is 12.2 Å². The fraction of sp³-hybridized carbons (Fsp3) is 0.955. The third-order valence-corrected chi connectivity index (χ3v) is 7.23. The Kier molecular flexibility index (Phi) is 5.91. The van der Waals surface area contributed by atoms with Crippen LogP contribution in [0.5, 0.6) is 0 Å². The minimum absolute atomic E-state index is 0.130. The molecule has 0 radical (unpaired) electrons. The molecule has 2 aliphatic carbocycles. The quantitative estimate of drug-likeness (QED) is 0.736. The largest absolute Gasteiger partial charge is 0.444 e. The molecule has 1 amide bonds. The predicted molar refractivity (Wildman–Crippen MR) is 106 cm³/mol. The van der Waals surface area contributed by atoms with E-state index < -0.39 is 5.60 Å². The third-order valence-electron chi connectivity index (χ3n) is 7.23. The van der Waals surface area contributed by atoms with Gasteiger partial charge in [-0.2, -0.15) is 0 Å². The molecule has 3 aliphatic rings. The van der Waals surface area contributed by atoms with Crippen molar-refractivity contribution in [2.75, 3.05) is 19.6 Å². The van der Waals surface area contributed by atoms with Crippen LogP contribution in [0.3, 0.4) is 0 Å². The molecular weight excluding hydrogens is 324 g/mol. The van der Waals surface area contributed by atoms with Crippen LogP contribution in [0.2, 0.25) is 0 Å². The van der Waals surface area contributed by atoms with Crippen molar-refractivity contribution in [1.29, 1.82) is 0 Å². The van der Waals surface area contributed by atoms with Gasteiger partial charge in [0, 0.05) is 25.2 Å². The summed E-state index contributed by atoms with van der Waals surface area (Å²) in [5.74, 6) is 0.831. The van der Waals surface area contributed by atoms with Crippen LogP contribution in [0.4, 0.5) is 4.79 Å². The number of ether oxygens (including phenoxy) is 1. The molecular formula is C22H40N2O2. The lowest BCUT2D eigenvalue weighted by atomic mass is 9.63. The van der Waals surface area contributed by atoms with Crippen LogP contribution >= 0.6 is 0 Å². The number of rotatable bonds is 5.